The summed E-state index contributed by atoms with van der Waals surface area (Å²) in [6.45, 7) is 3.93. The third-order valence-corrected chi connectivity index (χ3v) is 7.91. The van der Waals surface area contributed by atoms with Gasteiger partial charge in [-0.3, -0.25) is 4.79 Å². The van der Waals surface area contributed by atoms with Gasteiger partial charge in [0, 0.05) is 28.4 Å². The lowest BCUT2D eigenvalue weighted by Crippen LogP contribution is -2.17. The van der Waals surface area contributed by atoms with Crippen molar-refractivity contribution in [1.29, 1.82) is 0 Å². The maximum absolute atomic E-state index is 13.6. The number of ether oxygens (including phenoxy) is 3. The highest BCUT2D eigenvalue weighted by Crippen LogP contribution is 2.40. The van der Waals surface area contributed by atoms with E-state index in [1.54, 1.807) is 0 Å². The van der Waals surface area contributed by atoms with E-state index >= 15 is 0 Å². The van der Waals surface area contributed by atoms with Crippen LogP contribution in [-0.4, -0.2) is 34.7 Å². The summed E-state index contributed by atoms with van der Waals surface area (Å²) in [5.74, 6) is 0.795. The number of nitrogens with zero attached hydrogens (tertiary/aromatic N) is 2. The number of fused-ring (bicyclic) bond motifs is 3. The highest BCUT2D eigenvalue weighted by atomic mass is 16.7. The molecule has 7 nitrogen and oxygen atoms in total. The van der Waals surface area contributed by atoms with Crippen LogP contribution < -0.4 is 9.47 Å². The Hall–Kier alpha value is -4.39. The molecule has 7 rings (SSSR count). The molecule has 0 atom stereocenters. The summed E-state index contributed by atoms with van der Waals surface area (Å²) in [5.41, 5.74) is 7.58. The molecule has 1 aliphatic heterocycles. The Bertz CT molecular complexity index is 1710. The Labute approximate surface area is 226 Å². The van der Waals surface area contributed by atoms with Crippen LogP contribution in [0.4, 0.5) is 0 Å². The molecule has 3 heterocycles. The first-order valence-corrected chi connectivity index (χ1v) is 13.4. The van der Waals surface area contributed by atoms with Gasteiger partial charge in [0.15, 0.2) is 18.1 Å². The fraction of sp³-hybridized carbons (Fsp3) is 0.281. The van der Waals surface area contributed by atoms with E-state index in [-0.39, 0.29) is 19.2 Å². The minimum atomic E-state index is -0.487. The molecule has 196 valence electrons. The molecule has 4 aromatic rings. The number of esters is 1. The lowest BCUT2D eigenvalue weighted by atomic mass is 10.0. The number of ketones is 1. The Morgan fingerprint density at radius 2 is 1.87 bits per heavy atom. The molecule has 0 saturated heterocycles. The summed E-state index contributed by atoms with van der Waals surface area (Å²) in [4.78, 5) is 31.6. The van der Waals surface area contributed by atoms with Crippen LogP contribution in [-0.2, 0) is 11.2 Å². The Kier molecular flexibility index (Phi) is 5.54. The second-order valence-corrected chi connectivity index (χ2v) is 10.5. The van der Waals surface area contributed by atoms with Crippen molar-refractivity contribution in [3.63, 3.8) is 0 Å². The molecule has 0 amide bonds. The van der Waals surface area contributed by atoms with Crippen molar-refractivity contribution in [2.75, 3.05) is 13.4 Å². The first-order valence-electron chi connectivity index (χ1n) is 13.4. The fourth-order valence-electron chi connectivity index (χ4n) is 5.95. The smallest absolute Gasteiger partial charge is 0.339 e. The number of Topliss-reactive ketones (excluding diaryl/α,β-unsaturated/α-hetero) is 1. The standard InChI is InChI=1S/C32H28N2O5/c1-18-13-25(19(2)34(18)22-9-10-22)27(35)16-37-32(36)30-23-5-3-4-6-26(23)33-31-21(8-11-24(30)31)14-20-7-12-28-29(15-20)39-17-38-28/h3-7,12-15,22H,8-11,16-17H2,1-2H3. The number of rotatable bonds is 6. The third-order valence-electron chi connectivity index (χ3n) is 7.91. The minimum Gasteiger partial charge on any atom is -0.454 e. The van der Waals surface area contributed by atoms with E-state index in [0.29, 0.717) is 23.6 Å². The summed E-state index contributed by atoms with van der Waals surface area (Å²) in [7, 11) is 0. The molecule has 2 aliphatic carbocycles. The molecule has 0 spiro atoms. The zero-order valence-corrected chi connectivity index (χ0v) is 22.0. The molecule has 7 heteroatoms. The van der Waals surface area contributed by atoms with Crippen LogP contribution in [0, 0.1) is 13.8 Å². The normalized spacial score (nSPS) is 16.6. The molecule has 0 N–H and O–H groups in total. The zero-order valence-electron chi connectivity index (χ0n) is 22.0. The van der Waals surface area contributed by atoms with Crippen LogP contribution in [0.25, 0.3) is 22.6 Å². The maximum atomic E-state index is 13.6. The van der Waals surface area contributed by atoms with Crippen LogP contribution in [0.15, 0.2) is 48.5 Å². The molecule has 39 heavy (non-hydrogen) atoms. The van der Waals surface area contributed by atoms with Crippen molar-refractivity contribution >= 4 is 34.3 Å². The van der Waals surface area contributed by atoms with Crippen LogP contribution >= 0.6 is 0 Å². The van der Waals surface area contributed by atoms with Crippen LogP contribution in [0.5, 0.6) is 11.5 Å². The first kappa shape index (κ1) is 23.7. The number of para-hydroxylation sites is 1. The molecule has 1 fully saturated rings. The van der Waals surface area contributed by atoms with Gasteiger partial charge in [0.2, 0.25) is 12.6 Å². The molecule has 2 aromatic heterocycles. The van der Waals surface area contributed by atoms with E-state index in [2.05, 4.69) is 10.6 Å². The average Bonchev–Trinajstić information content (AvgIpc) is 3.39. The van der Waals surface area contributed by atoms with E-state index in [0.717, 1.165) is 75.4 Å². The number of hydrogen-bond acceptors (Lipinski definition) is 6. The third kappa shape index (κ3) is 4.09. The summed E-state index contributed by atoms with van der Waals surface area (Å²) >= 11 is 0. The lowest BCUT2D eigenvalue weighted by molar-refractivity contribution is 0.0475. The summed E-state index contributed by atoms with van der Waals surface area (Å²) < 4.78 is 18.9. The van der Waals surface area contributed by atoms with Gasteiger partial charge in [-0.05, 0) is 86.6 Å². The quantitative estimate of drug-likeness (QED) is 0.221. The maximum Gasteiger partial charge on any atom is 0.339 e. The predicted molar refractivity (Wildman–Crippen MR) is 147 cm³/mol. The van der Waals surface area contributed by atoms with Gasteiger partial charge in [0.1, 0.15) is 0 Å². The molecule has 3 aliphatic rings. The van der Waals surface area contributed by atoms with Crippen LogP contribution in [0.2, 0.25) is 0 Å². The van der Waals surface area contributed by atoms with Gasteiger partial charge in [-0.25, -0.2) is 9.78 Å². The highest BCUT2D eigenvalue weighted by Gasteiger charge is 2.30. The molecule has 0 radical (unpaired) electrons. The molecule has 0 unspecified atom stereocenters. The number of benzene rings is 2. The van der Waals surface area contributed by atoms with Gasteiger partial charge in [0.05, 0.1) is 16.8 Å². The second kappa shape index (κ2) is 9.12. The average molecular weight is 521 g/mol. The van der Waals surface area contributed by atoms with Crippen molar-refractivity contribution in [2.24, 2.45) is 0 Å². The summed E-state index contributed by atoms with van der Waals surface area (Å²) in [5, 5.41) is 0.741. The van der Waals surface area contributed by atoms with E-state index in [9.17, 15) is 9.59 Å². The molecule has 0 bridgehead atoms. The number of aryl methyl sites for hydroxylation is 1. The molecule has 2 aromatic carbocycles. The Morgan fingerprint density at radius 1 is 1.05 bits per heavy atom. The Morgan fingerprint density at radius 3 is 2.72 bits per heavy atom. The number of pyridine rings is 1. The van der Waals surface area contributed by atoms with E-state index < -0.39 is 5.97 Å². The minimum absolute atomic E-state index is 0.179. The predicted octanol–water partition coefficient (Wildman–Crippen LogP) is 6.24. The first-order chi connectivity index (χ1) is 19.0. The topological polar surface area (TPSA) is 79.7 Å². The number of hydrogen-bond donors (Lipinski definition) is 0. The number of aromatic nitrogens is 2. The number of carbonyl (C=O) groups excluding carboxylic acids is 2. The molecular weight excluding hydrogens is 492 g/mol. The van der Waals surface area contributed by atoms with Gasteiger partial charge < -0.3 is 18.8 Å². The van der Waals surface area contributed by atoms with E-state index in [4.69, 9.17) is 19.2 Å². The molecular formula is C32H28N2O5. The van der Waals surface area contributed by atoms with Crippen LogP contribution in [0.3, 0.4) is 0 Å². The second-order valence-electron chi connectivity index (χ2n) is 10.5. The summed E-state index contributed by atoms with van der Waals surface area (Å²) in [6, 6.07) is 15.8. The van der Waals surface area contributed by atoms with E-state index in [1.165, 1.54) is 0 Å². The largest absolute Gasteiger partial charge is 0.454 e. The van der Waals surface area contributed by atoms with Crippen molar-refractivity contribution in [3.8, 4) is 11.5 Å². The van der Waals surface area contributed by atoms with Gasteiger partial charge in [-0.2, -0.15) is 0 Å². The zero-order chi connectivity index (χ0) is 26.7. The van der Waals surface area contributed by atoms with Crippen molar-refractivity contribution in [3.05, 3.63) is 87.9 Å². The van der Waals surface area contributed by atoms with Crippen LogP contribution in [0.1, 0.15) is 74.2 Å². The van der Waals surface area contributed by atoms with Crippen molar-refractivity contribution < 1.29 is 23.8 Å². The Balaban J connectivity index is 1.20. The fourth-order valence-corrected chi connectivity index (χ4v) is 5.95. The monoisotopic (exact) mass is 520 g/mol. The van der Waals surface area contributed by atoms with Gasteiger partial charge in [0.25, 0.3) is 0 Å². The summed E-state index contributed by atoms with van der Waals surface area (Å²) in [6.07, 6.45) is 5.79. The highest BCUT2D eigenvalue weighted by molar-refractivity contribution is 6.08. The van der Waals surface area contributed by atoms with Crippen molar-refractivity contribution in [1.82, 2.24) is 9.55 Å². The number of allylic oxidation sites excluding steroid dienone is 1. The van der Waals surface area contributed by atoms with Crippen molar-refractivity contribution in [2.45, 2.75) is 45.6 Å². The lowest BCUT2D eigenvalue weighted by Gasteiger charge is -2.12. The van der Waals surface area contributed by atoms with Gasteiger partial charge >= 0.3 is 5.97 Å². The van der Waals surface area contributed by atoms with Gasteiger partial charge in [-0.1, -0.05) is 24.3 Å². The SMILES string of the molecule is Cc1cc(C(=O)COC(=O)c2c3c(nc4ccccc24)C(=Cc2ccc4c(c2)OCO4)CC3)c(C)n1C1CC1. The number of carbonyl (C=O) groups is 2. The van der Waals surface area contributed by atoms with Gasteiger partial charge in [-0.15, -0.1) is 0 Å². The van der Waals surface area contributed by atoms with E-state index in [1.807, 2.05) is 62.4 Å². The molecule has 1 saturated carbocycles.